The van der Waals surface area contributed by atoms with Crippen LogP contribution in [0.1, 0.15) is 51.8 Å². The number of esters is 3. The number of phenolic OH excluding ortho intramolecular Hbond substituents is 3. The minimum atomic E-state index is -1.04. The fraction of sp³-hybridized carbons (Fsp3) is 0.167. The molecule has 17 heteroatoms. The lowest BCUT2D eigenvalue weighted by atomic mass is 10.1. The zero-order valence-corrected chi connectivity index (χ0v) is 27.9. The van der Waals surface area contributed by atoms with Gasteiger partial charge in [-0.1, -0.05) is 0 Å². The van der Waals surface area contributed by atoms with E-state index in [1.54, 1.807) is 26.8 Å². The lowest BCUT2D eigenvalue weighted by Crippen LogP contribution is -2.16. The van der Waals surface area contributed by atoms with E-state index in [0.717, 1.165) is 18.2 Å². The molecule has 3 aromatic heterocycles. The smallest absolute Gasteiger partial charge is 0.351 e. The Morgan fingerprint density at radius 3 is 1.55 bits per heavy atom. The molecule has 276 valence electrons. The normalized spacial score (nSPS) is 10.5. The maximum absolute atomic E-state index is 13.5. The van der Waals surface area contributed by atoms with Crippen molar-refractivity contribution in [2.24, 2.45) is 0 Å². The molecule has 0 fully saturated rings. The molecule has 3 N–H and O–H groups in total. The highest BCUT2D eigenvalue weighted by molar-refractivity contribution is 5.94. The minimum Gasteiger partial charge on any atom is -0.508 e. The van der Waals surface area contributed by atoms with Crippen LogP contribution >= 0.6 is 0 Å². The molecule has 0 aliphatic rings. The van der Waals surface area contributed by atoms with E-state index >= 15 is 0 Å². The van der Waals surface area contributed by atoms with Gasteiger partial charge in [-0.2, -0.15) is 4.39 Å². The van der Waals surface area contributed by atoms with Gasteiger partial charge in [0.25, 0.3) is 0 Å². The Morgan fingerprint density at radius 1 is 0.566 bits per heavy atom. The first-order valence-electron chi connectivity index (χ1n) is 15.4. The zero-order valence-electron chi connectivity index (χ0n) is 27.9. The van der Waals surface area contributed by atoms with Crippen molar-refractivity contribution in [3.63, 3.8) is 0 Å². The van der Waals surface area contributed by atoms with Gasteiger partial charge in [-0.25, -0.2) is 33.2 Å². The van der Waals surface area contributed by atoms with E-state index in [4.69, 9.17) is 23.8 Å². The maximum Gasteiger partial charge on any atom is 0.351 e. The summed E-state index contributed by atoms with van der Waals surface area (Å²) in [5, 5.41) is 28.4. The predicted molar refractivity (Wildman–Crippen MR) is 180 cm³/mol. The van der Waals surface area contributed by atoms with Crippen molar-refractivity contribution < 1.29 is 65.9 Å². The Morgan fingerprint density at radius 2 is 1.02 bits per heavy atom. The molecule has 0 amide bonds. The summed E-state index contributed by atoms with van der Waals surface area (Å²) in [4.78, 5) is 68.8. The molecule has 0 aliphatic heterocycles. The van der Waals surface area contributed by atoms with Crippen LogP contribution in [-0.4, -0.2) is 53.0 Å². The van der Waals surface area contributed by atoms with Crippen LogP contribution < -0.4 is 16.9 Å². The number of hydrogen-bond acceptors (Lipinski definition) is 15. The number of rotatable bonds is 6. The monoisotopic (exact) mass is 738 g/mol. The highest BCUT2D eigenvalue weighted by atomic mass is 19.1. The van der Waals surface area contributed by atoms with Crippen molar-refractivity contribution in [1.82, 2.24) is 0 Å². The standard InChI is InChI=1S/2C12H9FO5.C12H10O5/c1-2-17-11(15)7-3-6-4-8(13)9(14)5-10(6)18-12(7)16;1-2-17-11(15)7-5-6-3-4-8(14)9(13)10(6)18-12(7)16;1-2-16-11(14)9-5-7-3-4-8(13)6-10(7)17-12(9)15/h2*3-5,14H,2H2,1H3;3-6,13H,2H2,1H3. The average Bonchev–Trinajstić information content (AvgIpc) is 3.11. The summed E-state index contributed by atoms with van der Waals surface area (Å²) >= 11 is 0. The Labute approximate surface area is 294 Å². The molecule has 15 nitrogen and oxygen atoms in total. The first-order valence-corrected chi connectivity index (χ1v) is 15.4. The van der Waals surface area contributed by atoms with Crippen molar-refractivity contribution in [1.29, 1.82) is 0 Å². The van der Waals surface area contributed by atoms with E-state index in [0.29, 0.717) is 5.39 Å². The third-order valence-electron chi connectivity index (χ3n) is 6.83. The first-order chi connectivity index (χ1) is 25.2. The molecule has 0 unspecified atom stereocenters. The number of aromatic hydroxyl groups is 3. The summed E-state index contributed by atoms with van der Waals surface area (Å²) < 4.78 is 55.1. The molecule has 0 aliphatic carbocycles. The lowest BCUT2D eigenvalue weighted by Gasteiger charge is -2.03. The summed E-state index contributed by atoms with van der Waals surface area (Å²) in [6.45, 7) is 5.25. The summed E-state index contributed by atoms with van der Waals surface area (Å²) in [6.07, 6.45) is 0. The summed E-state index contributed by atoms with van der Waals surface area (Å²) in [5.74, 6) is -5.56. The second-order valence-electron chi connectivity index (χ2n) is 10.4. The van der Waals surface area contributed by atoms with E-state index in [9.17, 15) is 42.7 Å². The summed E-state index contributed by atoms with van der Waals surface area (Å²) in [7, 11) is 0. The Balaban J connectivity index is 0.000000178. The van der Waals surface area contributed by atoms with Crippen molar-refractivity contribution >= 4 is 50.8 Å². The van der Waals surface area contributed by atoms with Gasteiger partial charge in [0.2, 0.25) is 5.82 Å². The number of phenols is 3. The van der Waals surface area contributed by atoms with Crippen LogP contribution in [0.3, 0.4) is 0 Å². The van der Waals surface area contributed by atoms with Crippen LogP contribution in [0.4, 0.5) is 8.78 Å². The predicted octanol–water partition coefficient (Wildman–Crippen LogP) is 5.30. The van der Waals surface area contributed by atoms with Gasteiger partial charge in [0, 0.05) is 28.3 Å². The Kier molecular flexibility index (Phi) is 12.3. The van der Waals surface area contributed by atoms with Crippen LogP contribution in [0.5, 0.6) is 17.2 Å². The fourth-order valence-electron chi connectivity index (χ4n) is 4.42. The van der Waals surface area contributed by atoms with Crippen LogP contribution in [0, 0.1) is 11.6 Å². The van der Waals surface area contributed by atoms with E-state index in [1.807, 2.05) is 0 Å². The number of carbonyl (C=O) groups is 3. The second-order valence-corrected chi connectivity index (χ2v) is 10.4. The topological polar surface area (TPSA) is 230 Å². The van der Waals surface area contributed by atoms with Crippen molar-refractivity contribution in [3.05, 3.63) is 120 Å². The second kappa shape index (κ2) is 16.8. The molecular formula is C36H28F2O15. The lowest BCUT2D eigenvalue weighted by molar-refractivity contribution is 0.0512. The molecule has 6 aromatic rings. The maximum atomic E-state index is 13.5. The van der Waals surface area contributed by atoms with E-state index < -0.39 is 63.5 Å². The van der Waals surface area contributed by atoms with Gasteiger partial charge in [-0.05, 0) is 69.3 Å². The number of hydrogen-bond donors (Lipinski definition) is 3. The Bertz CT molecular complexity index is 2510. The minimum absolute atomic E-state index is 0.00746. The highest BCUT2D eigenvalue weighted by Crippen LogP contribution is 2.25. The van der Waals surface area contributed by atoms with Crippen molar-refractivity contribution in [2.75, 3.05) is 19.8 Å². The third-order valence-corrected chi connectivity index (χ3v) is 6.83. The van der Waals surface area contributed by atoms with Crippen LogP contribution in [0.25, 0.3) is 32.9 Å². The average molecular weight is 739 g/mol. The first kappa shape index (κ1) is 38.8. The molecule has 0 radical (unpaired) electrons. The van der Waals surface area contributed by atoms with Gasteiger partial charge in [-0.3, -0.25) is 0 Å². The van der Waals surface area contributed by atoms with Crippen molar-refractivity contribution in [3.8, 4) is 17.2 Å². The van der Waals surface area contributed by atoms with Gasteiger partial charge in [0.05, 0.1) is 19.8 Å². The van der Waals surface area contributed by atoms with Crippen LogP contribution in [0.2, 0.25) is 0 Å². The number of carbonyl (C=O) groups excluding carboxylic acids is 3. The summed E-state index contributed by atoms with van der Waals surface area (Å²) in [6, 6.07) is 12.4. The van der Waals surface area contributed by atoms with Crippen molar-refractivity contribution in [2.45, 2.75) is 20.8 Å². The van der Waals surface area contributed by atoms with E-state index in [-0.39, 0.29) is 64.2 Å². The number of fused-ring (bicyclic) bond motifs is 3. The van der Waals surface area contributed by atoms with Gasteiger partial charge in [0.1, 0.15) is 33.6 Å². The third kappa shape index (κ3) is 9.01. The van der Waals surface area contributed by atoms with Gasteiger partial charge in [-0.15, -0.1) is 0 Å². The molecule has 0 bridgehead atoms. The van der Waals surface area contributed by atoms with Gasteiger partial charge in [0.15, 0.2) is 22.9 Å². The molecule has 0 saturated heterocycles. The largest absolute Gasteiger partial charge is 0.508 e. The number of halogens is 2. The molecule has 3 aromatic carbocycles. The highest BCUT2D eigenvalue weighted by Gasteiger charge is 2.19. The van der Waals surface area contributed by atoms with Crippen LogP contribution in [-0.2, 0) is 14.2 Å². The molecule has 3 heterocycles. The molecule has 0 saturated carbocycles. The number of ether oxygens (including phenoxy) is 3. The quantitative estimate of drug-likeness (QED) is 0.112. The van der Waals surface area contributed by atoms with E-state index in [2.05, 4.69) is 13.9 Å². The molecule has 53 heavy (non-hydrogen) atoms. The molecule has 0 atom stereocenters. The van der Waals surface area contributed by atoms with Crippen LogP contribution in [0.15, 0.2) is 88.3 Å². The number of benzene rings is 3. The summed E-state index contributed by atoms with van der Waals surface area (Å²) in [5.41, 5.74) is -3.63. The molecular weight excluding hydrogens is 710 g/mol. The fourth-order valence-corrected chi connectivity index (χ4v) is 4.42. The van der Waals surface area contributed by atoms with Gasteiger partial charge >= 0.3 is 34.8 Å². The Hall–Kier alpha value is -7.04. The molecule has 6 rings (SSSR count). The molecule has 0 spiro atoms. The zero-order chi connectivity index (χ0) is 39.0. The SMILES string of the molecule is CCOC(=O)c1cc2cc(F)c(O)cc2oc1=O.CCOC(=O)c1cc2ccc(O)c(F)c2oc1=O.CCOC(=O)c1cc2ccc(O)cc2oc1=O. The van der Waals surface area contributed by atoms with Gasteiger partial charge < -0.3 is 42.8 Å². The van der Waals surface area contributed by atoms with E-state index in [1.165, 1.54) is 36.4 Å².